The predicted octanol–water partition coefficient (Wildman–Crippen LogP) is 6.77. The van der Waals surface area contributed by atoms with Crippen molar-refractivity contribution in [2.75, 3.05) is 5.32 Å². The van der Waals surface area contributed by atoms with Gasteiger partial charge in [-0.2, -0.15) is 18.4 Å². The van der Waals surface area contributed by atoms with Crippen LogP contribution in [0.1, 0.15) is 28.7 Å². The highest BCUT2D eigenvalue weighted by molar-refractivity contribution is 6.34. The number of amides is 2. The van der Waals surface area contributed by atoms with Crippen LogP contribution in [0.15, 0.2) is 71.9 Å². The monoisotopic (exact) mass is 532 g/mol. The van der Waals surface area contributed by atoms with Crippen LogP contribution in [-0.4, -0.2) is 17.9 Å². The lowest BCUT2D eigenvalue weighted by molar-refractivity contribution is -0.275. The molecule has 0 spiro atoms. The van der Waals surface area contributed by atoms with Gasteiger partial charge in [0.25, 0.3) is 5.60 Å². The molecule has 0 aliphatic carbocycles. The van der Waals surface area contributed by atoms with Gasteiger partial charge in [0, 0.05) is 34.3 Å². The van der Waals surface area contributed by atoms with E-state index in [2.05, 4.69) is 15.8 Å². The summed E-state index contributed by atoms with van der Waals surface area (Å²) in [6, 6.07) is 18.1. The van der Waals surface area contributed by atoms with E-state index in [1.54, 1.807) is 48.5 Å². The van der Waals surface area contributed by atoms with Crippen LogP contribution in [0, 0.1) is 11.3 Å². The molecule has 1 heterocycles. The summed E-state index contributed by atoms with van der Waals surface area (Å²) in [6.45, 7) is 0.179. The molecule has 3 aromatic rings. The summed E-state index contributed by atoms with van der Waals surface area (Å²) in [5.41, 5.74) is -0.670. The van der Waals surface area contributed by atoms with E-state index in [4.69, 9.17) is 33.3 Å². The summed E-state index contributed by atoms with van der Waals surface area (Å²) < 4.78 is 42.4. The fourth-order valence-electron chi connectivity index (χ4n) is 3.65. The van der Waals surface area contributed by atoms with Crippen molar-refractivity contribution < 1.29 is 22.8 Å². The molecule has 0 radical (unpaired) electrons. The average molecular weight is 533 g/mol. The number of benzene rings is 3. The SMILES string of the molecule is N#Cc1ccc(NC(=O)NCc2ccc(C3=NOC(c4cc(Cl)cc(Cl)c4)(C(F)(F)F)C3)cc2)cc1. The number of anilines is 1. The van der Waals surface area contributed by atoms with E-state index in [-0.39, 0.29) is 27.9 Å². The highest BCUT2D eigenvalue weighted by atomic mass is 35.5. The Bertz CT molecular complexity index is 1330. The maximum absolute atomic E-state index is 14.1. The Balaban J connectivity index is 1.41. The smallest absolute Gasteiger partial charge is 0.374 e. The first-order chi connectivity index (χ1) is 17.1. The Hall–Kier alpha value is -3.74. The van der Waals surface area contributed by atoms with Crippen LogP contribution in [0.25, 0.3) is 0 Å². The fourth-order valence-corrected chi connectivity index (χ4v) is 4.17. The molecule has 0 saturated carbocycles. The molecule has 0 bridgehead atoms. The van der Waals surface area contributed by atoms with Crippen molar-refractivity contribution in [2.45, 2.75) is 24.7 Å². The van der Waals surface area contributed by atoms with E-state index in [1.807, 2.05) is 6.07 Å². The maximum atomic E-state index is 14.1. The molecule has 184 valence electrons. The number of nitrogens with zero attached hydrogens (tertiary/aromatic N) is 2. The second kappa shape index (κ2) is 10.1. The first kappa shape index (κ1) is 25.4. The molecular weight excluding hydrogens is 516 g/mol. The molecule has 11 heteroatoms. The topological polar surface area (TPSA) is 86.5 Å². The molecule has 6 nitrogen and oxygen atoms in total. The van der Waals surface area contributed by atoms with E-state index in [0.29, 0.717) is 16.8 Å². The molecule has 2 amide bonds. The van der Waals surface area contributed by atoms with Crippen LogP contribution in [0.2, 0.25) is 10.0 Å². The molecular formula is C25H17Cl2F3N4O2. The number of hydrogen-bond acceptors (Lipinski definition) is 4. The van der Waals surface area contributed by atoms with Gasteiger partial charge in [0.2, 0.25) is 0 Å². The summed E-state index contributed by atoms with van der Waals surface area (Å²) in [7, 11) is 0. The zero-order valence-electron chi connectivity index (χ0n) is 18.4. The minimum atomic E-state index is -4.78. The molecule has 4 rings (SSSR count). The van der Waals surface area contributed by atoms with Gasteiger partial charge in [-0.1, -0.05) is 52.6 Å². The molecule has 36 heavy (non-hydrogen) atoms. The van der Waals surface area contributed by atoms with Gasteiger partial charge in [-0.25, -0.2) is 4.79 Å². The van der Waals surface area contributed by atoms with Gasteiger partial charge in [-0.15, -0.1) is 0 Å². The van der Waals surface area contributed by atoms with Gasteiger partial charge in [-0.05, 0) is 53.6 Å². The number of nitriles is 1. The zero-order valence-corrected chi connectivity index (χ0v) is 19.9. The average Bonchev–Trinajstić information content (AvgIpc) is 3.30. The Morgan fingerprint density at radius 3 is 2.28 bits per heavy atom. The van der Waals surface area contributed by atoms with Crippen molar-refractivity contribution in [3.8, 4) is 6.07 Å². The van der Waals surface area contributed by atoms with E-state index < -0.39 is 24.2 Å². The van der Waals surface area contributed by atoms with Crippen LogP contribution >= 0.6 is 23.2 Å². The number of oxime groups is 1. The van der Waals surface area contributed by atoms with Gasteiger partial charge in [-0.3, -0.25) is 0 Å². The van der Waals surface area contributed by atoms with Crippen molar-refractivity contribution in [3.05, 3.63) is 99.0 Å². The Morgan fingerprint density at radius 2 is 1.69 bits per heavy atom. The molecule has 0 saturated heterocycles. The van der Waals surface area contributed by atoms with Crippen molar-refractivity contribution in [1.29, 1.82) is 5.26 Å². The van der Waals surface area contributed by atoms with Crippen LogP contribution < -0.4 is 10.6 Å². The number of carbonyl (C=O) groups is 1. The molecule has 3 aromatic carbocycles. The Morgan fingerprint density at radius 1 is 1.06 bits per heavy atom. The third-order valence-electron chi connectivity index (χ3n) is 5.53. The fraction of sp³-hybridized carbons (Fsp3) is 0.160. The van der Waals surface area contributed by atoms with Gasteiger partial charge in [0.1, 0.15) is 0 Å². The van der Waals surface area contributed by atoms with E-state index in [0.717, 1.165) is 17.7 Å². The summed E-state index contributed by atoms with van der Waals surface area (Å²) in [6.07, 6.45) is -5.34. The molecule has 1 aliphatic heterocycles. The first-order valence-electron chi connectivity index (χ1n) is 10.5. The minimum Gasteiger partial charge on any atom is -0.374 e. The number of rotatable bonds is 5. The summed E-state index contributed by atoms with van der Waals surface area (Å²) in [5.74, 6) is 0. The zero-order chi connectivity index (χ0) is 25.9. The number of halogens is 5. The summed E-state index contributed by atoms with van der Waals surface area (Å²) >= 11 is 11.9. The number of urea groups is 1. The van der Waals surface area contributed by atoms with Crippen molar-refractivity contribution in [3.63, 3.8) is 0 Å². The first-order valence-corrected chi connectivity index (χ1v) is 11.3. The highest BCUT2D eigenvalue weighted by Crippen LogP contribution is 2.49. The highest BCUT2D eigenvalue weighted by Gasteiger charge is 2.62. The molecule has 0 fully saturated rings. The lowest BCUT2D eigenvalue weighted by Gasteiger charge is -2.29. The number of hydrogen-bond donors (Lipinski definition) is 2. The van der Waals surface area contributed by atoms with Crippen LogP contribution in [0.4, 0.5) is 23.7 Å². The third kappa shape index (κ3) is 5.40. The van der Waals surface area contributed by atoms with Crippen molar-refractivity contribution >= 4 is 40.6 Å². The molecule has 1 unspecified atom stereocenters. The number of nitrogens with one attached hydrogen (secondary N) is 2. The molecule has 1 aliphatic rings. The van der Waals surface area contributed by atoms with E-state index in [1.165, 1.54) is 6.07 Å². The molecule has 1 atom stereocenters. The molecule has 2 N–H and O–H groups in total. The normalized spacial score (nSPS) is 17.1. The summed E-state index contributed by atoms with van der Waals surface area (Å²) in [4.78, 5) is 17.1. The number of carbonyl (C=O) groups excluding carboxylic acids is 1. The Labute approximate surface area is 214 Å². The summed E-state index contributed by atoms with van der Waals surface area (Å²) in [5, 5.41) is 18.0. The number of alkyl halides is 3. The van der Waals surface area contributed by atoms with E-state index in [9.17, 15) is 18.0 Å². The predicted molar refractivity (Wildman–Crippen MR) is 130 cm³/mol. The van der Waals surface area contributed by atoms with Gasteiger partial charge in [0.15, 0.2) is 0 Å². The van der Waals surface area contributed by atoms with Gasteiger partial charge >= 0.3 is 12.2 Å². The van der Waals surface area contributed by atoms with Crippen LogP contribution in [-0.2, 0) is 17.0 Å². The van der Waals surface area contributed by atoms with Crippen molar-refractivity contribution in [2.24, 2.45) is 5.16 Å². The largest absolute Gasteiger partial charge is 0.435 e. The standard InChI is InChI=1S/C25H17Cl2F3N4O2/c26-19-9-18(10-20(27)11-19)24(25(28,29)30)12-22(34-36-24)17-5-1-16(2-6-17)14-32-23(35)33-21-7-3-15(13-31)4-8-21/h1-11H,12,14H2,(H2,32,33,35). The lowest BCUT2D eigenvalue weighted by atomic mass is 9.86. The maximum Gasteiger partial charge on any atom is 0.435 e. The van der Waals surface area contributed by atoms with Gasteiger partial charge < -0.3 is 15.5 Å². The van der Waals surface area contributed by atoms with Crippen molar-refractivity contribution in [1.82, 2.24) is 5.32 Å². The Kier molecular flexibility index (Phi) is 7.11. The quantitative estimate of drug-likeness (QED) is 0.380. The minimum absolute atomic E-state index is 0.0539. The lowest BCUT2D eigenvalue weighted by Crippen LogP contribution is -2.42. The second-order valence-corrected chi connectivity index (χ2v) is 8.86. The van der Waals surface area contributed by atoms with E-state index >= 15 is 0 Å². The third-order valence-corrected chi connectivity index (χ3v) is 5.96. The van der Waals surface area contributed by atoms with Gasteiger partial charge in [0.05, 0.1) is 17.3 Å². The van der Waals surface area contributed by atoms with Crippen LogP contribution in [0.5, 0.6) is 0 Å². The second-order valence-electron chi connectivity index (χ2n) is 7.98. The molecule has 0 aromatic heterocycles. The van der Waals surface area contributed by atoms with Crippen LogP contribution in [0.3, 0.4) is 0 Å².